The molecule has 0 heterocycles. The lowest BCUT2D eigenvalue weighted by Crippen LogP contribution is -2.21. The summed E-state index contributed by atoms with van der Waals surface area (Å²) in [7, 11) is 0. The van der Waals surface area contributed by atoms with E-state index in [0.29, 0.717) is 5.33 Å². The highest BCUT2D eigenvalue weighted by Crippen LogP contribution is 2.25. The molecule has 2 aromatic rings. The Morgan fingerprint density at radius 2 is 1.65 bits per heavy atom. The van der Waals surface area contributed by atoms with Crippen LogP contribution >= 0.6 is 15.9 Å². The number of halogens is 1. The van der Waals surface area contributed by atoms with Gasteiger partial charge in [-0.1, -0.05) is 53.2 Å². The molecular weight excluding hydrogens is 316 g/mol. The maximum Gasteiger partial charge on any atom is 0.228 e. The van der Waals surface area contributed by atoms with Gasteiger partial charge in [-0.25, -0.2) is 0 Å². The second kappa shape index (κ2) is 7.10. The zero-order chi connectivity index (χ0) is 14.4. The fourth-order valence-electron chi connectivity index (χ4n) is 1.70. The zero-order valence-corrected chi connectivity index (χ0v) is 12.9. The largest absolute Gasteiger partial charge is 0.354 e. The second-order valence-corrected chi connectivity index (χ2v) is 5.23. The Labute approximate surface area is 127 Å². The summed E-state index contributed by atoms with van der Waals surface area (Å²) in [6.07, 6.45) is 0. The molecule has 0 saturated carbocycles. The zero-order valence-electron chi connectivity index (χ0n) is 11.3. The molecule has 0 fully saturated rings. The predicted molar refractivity (Wildman–Crippen MR) is 87.8 cm³/mol. The minimum atomic E-state index is -0.0696. The summed E-state index contributed by atoms with van der Waals surface area (Å²) in [5.74, 6) is -0.0658. The van der Waals surface area contributed by atoms with Gasteiger partial charge in [-0.2, -0.15) is 0 Å². The van der Waals surface area contributed by atoms with E-state index in [-0.39, 0.29) is 11.8 Å². The molecule has 0 spiro atoms. The Balaban J connectivity index is 2.16. The van der Waals surface area contributed by atoms with Gasteiger partial charge in [-0.15, -0.1) is 0 Å². The number of carbonyl (C=O) groups is 1. The van der Waals surface area contributed by atoms with Gasteiger partial charge < -0.3 is 10.6 Å². The minimum Gasteiger partial charge on any atom is -0.354 e. The highest BCUT2D eigenvalue weighted by atomic mass is 79.9. The molecule has 0 aliphatic heterocycles. The van der Waals surface area contributed by atoms with Crippen LogP contribution in [0, 0.1) is 5.92 Å². The summed E-state index contributed by atoms with van der Waals surface area (Å²) >= 11 is 3.32. The summed E-state index contributed by atoms with van der Waals surface area (Å²) in [4.78, 5) is 12.0. The van der Waals surface area contributed by atoms with Crippen LogP contribution in [-0.4, -0.2) is 11.2 Å². The molecule has 0 bridgehead atoms. The van der Waals surface area contributed by atoms with Crippen molar-refractivity contribution in [1.29, 1.82) is 0 Å². The monoisotopic (exact) mass is 332 g/mol. The normalized spacial score (nSPS) is 11.7. The number of hydrogen-bond donors (Lipinski definition) is 2. The number of nitrogens with one attached hydrogen (secondary N) is 2. The number of hydrogen-bond acceptors (Lipinski definition) is 2. The van der Waals surface area contributed by atoms with Gasteiger partial charge in [0.1, 0.15) is 0 Å². The standard InChI is InChI=1S/C16H17BrN2O/c1-12(11-17)16(20)19-15-10-6-5-9-14(15)18-13-7-3-2-4-8-13/h2-10,12,18H,11H2,1H3,(H,19,20). The Morgan fingerprint density at radius 3 is 2.30 bits per heavy atom. The van der Waals surface area contributed by atoms with Gasteiger partial charge in [-0.05, 0) is 24.3 Å². The van der Waals surface area contributed by atoms with Crippen molar-refractivity contribution in [3.05, 3.63) is 54.6 Å². The van der Waals surface area contributed by atoms with Crippen LogP contribution in [0.15, 0.2) is 54.6 Å². The number of amides is 1. The fraction of sp³-hybridized carbons (Fsp3) is 0.188. The number of rotatable bonds is 5. The summed E-state index contributed by atoms with van der Waals surface area (Å²) in [5.41, 5.74) is 2.66. The van der Waals surface area contributed by atoms with Crippen LogP contribution in [0.2, 0.25) is 0 Å². The van der Waals surface area contributed by atoms with Crippen LogP contribution in [-0.2, 0) is 4.79 Å². The average molecular weight is 333 g/mol. The number of para-hydroxylation sites is 3. The van der Waals surface area contributed by atoms with Crippen molar-refractivity contribution in [2.24, 2.45) is 5.92 Å². The Morgan fingerprint density at radius 1 is 1.05 bits per heavy atom. The van der Waals surface area contributed by atoms with E-state index in [4.69, 9.17) is 0 Å². The van der Waals surface area contributed by atoms with E-state index in [1.165, 1.54) is 0 Å². The van der Waals surface area contributed by atoms with Gasteiger partial charge in [0.05, 0.1) is 11.4 Å². The molecule has 4 heteroatoms. The third-order valence-corrected chi connectivity index (χ3v) is 3.89. The van der Waals surface area contributed by atoms with Crippen molar-refractivity contribution in [1.82, 2.24) is 0 Å². The highest BCUT2D eigenvalue weighted by molar-refractivity contribution is 9.09. The van der Waals surface area contributed by atoms with Gasteiger partial charge in [0.2, 0.25) is 5.91 Å². The van der Waals surface area contributed by atoms with Gasteiger partial charge in [-0.3, -0.25) is 4.79 Å². The summed E-state index contributed by atoms with van der Waals surface area (Å²) in [5, 5.41) is 6.90. The molecule has 20 heavy (non-hydrogen) atoms. The van der Waals surface area contributed by atoms with Crippen LogP contribution in [0.3, 0.4) is 0 Å². The van der Waals surface area contributed by atoms with E-state index in [1.54, 1.807) is 0 Å². The van der Waals surface area contributed by atoms with Crippen LogP contribution in [0.1, 0.15) is 6.92 Å². The van der Waals surface area contributed by atoms with Gasteiger partial charge in [0.15, 0.2) is 0 Å². The van der Waals surface area contributed by atoms with E-state index in [1.807, 2.05) is 61.5 Å². The van der Waals surface area contributed by atoms with Crippen molar-refractivity contribution in [3.63, 3.8) is 0 Å². The lowest BCUT2D eigenvalue weighted by Gasteiger charge is -2.14. The average Bonchev–Trinajstić information content (AvgIpc) is 2.49. The number of anilines is 3. The smallest absolute Gasteiger partial charge is 0.228 e. The Hall–Kier alpha value is -1.81. The molecule has 0 aliphatic rings. The molecule has 2 aromatic carbocycles. The maximum atomic E-state index is 12.0. The SMILES string of the molecule is CC(CBr)C(=O)Nc1ccccc1Nc1ccccc1. The third-order valence-electron chi connectivity index (χ3n) is 2.92. The molecule has 1 unspecified atom stereocenters. The van der Waals surface area contributed by atoms with Crippen molar-refractivity contribution >= 4 is 38.9 Å². The number of carbonyl (C=O) groups excluding carboxylic acids is 1. The number of benzene rings is 2. The first-order valence-electron chi connectivity index (χ1n) is 6.48. The molecule has 3 nitrogen and oxygen atoms in total. The molecular formula is C16H17BrN2O. The molecule has 0 saturated heterocycles. The van der Waals surface area contributed by atoms with E-state index in [2.05, 4.69) is 26.6 Å². The van der Waals surface area contributed by atoms with E-state index >= 15 is 0 Å². The van der Waals surface area contributed by atoms with Crippen molar-refractivity contribution in [2.75, 3.05) is 16.0 Å². The molecule has 1 amide bonds. The fourth-order valence-corrected chi connectivity index (χ4v) is 2.00. The van der Waals surface area contributed by atoms with Gasteiger partial charge in [0, 0.05) is 16.9 Å². The molecule has 2 N–H and O–H groups in total. The van der Waals surface area contributed by atoms with Crippen molar-refractivity contribution < 1.29 is 4.79 Å². The highest BCUT2D eigenvalue weighted by Gasteiger charge is 2.13. The first-order valence-corrected chi connectivity index (χ1v) is 7.61. The van der Waals surface area contributed by atoms with Crippen LogP contribution in [0.4, 0.5) is 17.1 Å². The molecule has 0 aromatic heterocycles. The van der Waals surface area contributed by atoms with Crippen LogP contribution < -0.4 is 10.6 Å². The minimum absolute atomic E-state index is 0.00388. The molecule has 104 valence electrons. The van der Waals surface area contributed by atoms with E-state index in [9.17, 15) is 4.79 Å². The van der Waals surface area contributed by atoms with E-state index < -0.39 is 0 Å². The van der Waals surface area contributed by atoms with Crippen LogP contribution in [0.5, 0.6) is 0 Å². The van der Waals surface area contributed by atoms with Gasteiger partial charge >= 0.3 is 0 Å². The molecule has 1 atom stereocenters. The van der Waals surface area contributed by atoms with E-state index in [0.717, 1.165) is 17.1 Å². The summed E-state index contributed by atoms with van der Waals surface area (Å²) in [6, 6.07) is 17.6. The Kier molecular flexibility index (Phi) is 5.18. The third kappa shape index (κ3) is 3.84. The predicted octanol–water partition coefficient (Wildman–Crippen LogP) is 4.40. The summed E-state index contributed by atoms with van der Waals surface area (Å²) in [6.45, 7) is 1.89. The van der Waals surface area contributed by atoms with Crippen molar-refractivity contribution in [2.45, 2.75) is 6.92 Å². The van der Waals surface area contributed by atoms with Crippen molar-refractivity contribution in [3.8, 4) is 0 Å². The van der Waals surface area contributed by atoms with Crippen LogP contribution in [0.25, 0.3) is 0 Å². The first-order chi connectivity index (χ1) is 9.70. The number of alkyl halides is 1. The molecule has 2 rings (SSSR count). The van der Waals surface area contributed by atoms with Gasteiger partial charge in [0.25, 0.3) is 0 Å². The topological polar surface area (TPSA) is 41.1 Å². The lowest BCUT2D eigenvalue weighted by atomic mass is 10.2. The quantitative estimate of drug-likeness (QED) is 0.797. The lowest BCUT2D eigenvalue weighted by molar-refractivity contribution is -0.118. The molecule has 0 aliphatic carbocycles. The molecule has 0 radical (unpaired) electrons. The second-order valence-electron chi connectivity index (χ2n) is 4.58. The summed E-state index contributed by atoms with van der Waals surface area (Å²) < 4.78 is 0. The Bertz CT molecular complexity index is 572. The first kappa shape index (κ1) is 14.6. The maximum absolute atomic E-state index is 12.0.